The van der Waals surface area contributed by atoms with Crippen LogP contribution < -0.4 is 38.9 Å². The van der Waals surface area contributed by atoms with Crippen LogP contribution in [0.1, 0.15) is 407 Å². The molecule has 762 valence electrons. The lowest BCUT2D eigenvalue weighted by Crippen LogP contribution is -2.32. The summed E-state index contributed by atoms with van der Waals surface area (Å²) in [5.41, 5.74) is 3.11. The normalized spacial score (nSPS) is 12.8. The lowest BCUT2D eigenvalue weighted by atomic mass is 9.95. The molecule has 0 aliphatic heterocycles. The zero-order valence-electron chi connectivity index (χ0n) is 87.8. The van der Waals surface area contributed by atoms with Crippen LogP contribution in [0.2, 0.25) is 0 Å². The van der Waals surface area contributed by atoms with Crippen LogP contribution in [0.25, 0.3) is 5.69 Å². The second kappa shape index (κ2) is 65.4. The van der Waals surface area contributed by atoms with Crippen molar-refractivity contribution in [1.82, 2.24) is 62.7 Å². The number of aromatic amines is 1. The molecule has 10 aromatic rings. The van der Waals surface area contributed by atoms with Crippen molar-refractivity contribution in [2.45, 2.75) is 332 Å². The minimum absolute atomic E-state index is 0.00973. The molecule has 0 saturated heterocycles. The van der Waals surface area contributed by atoms with Crippen LogP contribution in [0.3, 0.4) is 0 Å². The zero-order chi connectivity index (χ0) is 105. The highest BCUT2D eigenvalue weighted by Crippen LogP contribution is 2.30. The summed E-state index contributed by atoms with van der Waals surface area (Å²) in [4.78, 5) is 188. The third-order valence-corrected chi connectivity index (χ3v) is 22.1. The van der Waals surface area contributed by atoms with Gasteiger partial charge in [0.1, 0.15) is 12.1 Å². The van der Waals surface area contributed by atoms with Gasteiger partial charge in [0.05, 0.1) is 57.5 Å². The number of carbonyl (C=O) groups excluding carboxylic acids is 7. The van der Waals surface area contributed by atoms with Gasteiger partial charge in [-0.3, -0.25) is 67.1 Å². The van der Waals surface area contributed by atoms with Crippen LogP contribution in [0.4, 0.5) is 4.39 Å². The molecule has 0 spiro atoms. The van der Waals surface area contributed by atoms with E-state index in [4.69, 9.17) is 0 Å². The van der Waals surface area contributed by atoms with E-state index in [1.807, 2.05) is 195 Å². The maximum absolute atomic E-state index is 13.0. The number of nitrogens with one attached hydrogen (secondary N) is 1. The average molecular weight is 1930 g/mol. The van der Waals surface area contributed by atoms with Crippen molar-refractivity contribution >= 4 is 40.5 Å². The molecular formula is C112H158FN13O14. The molecule has 2 aromatic carbocycles. The Morgan fingerprint density at radius 1 is 0.393 bits per heavy atom. The number of benzene rings is 2. The fourth-order valence-electron chi connectivity index (χ4n) is 15.6. The Balaban J connectivity index is 0.000000416. The van der Waals surface area contributed by atoms with Crippen molar-refractivity contribution in [1.29, 1.82) is 0 Å². The SMILES string of the molecule is CC.CC.CC.CC.CC(C)CC(=O)c1cccn(C)c1=O.CC(C)CC(=O)c1cccn(C2CCCCC2)c1=O.CC(C)CC(=O)c1cccn(Cc2ccncn2)c1=O.CC(C)CC(=O)c1ccnn(C2CCCCC2)c1=O.CC(C)CC(=O)c1ncc(Cc2ccccc2)[nH]c1=O.CC(C)CC(=O)c1nccn(C2CCCCC2)c1=O.Cc1cc(C(=O)CC(C)C)c(=O)n(-c2ccc(F)cc2)n1. The van der Waals surface area contributed by atoms with Gasteiger partial charge in [-0.1, -0.05) is 240 Å². The van der Waals surface area contributed by atoms with Gasteiger partial charge in [0, 0.05) is 126 Å². The number of ketones is 7. The molecule has 0 atom stereocenters. The van der Waals surface area contributed by atoms with E-state index in [0.29, 0.717) is 91.7 Å². The number of hydrogen-bond acceptors (Lipinski definition) is 20. The highest BCUT2D eigenvalue weighted by Gasteiger charge is 2.26. The van der Waals surface area contributed by atoms with Gasteiger partial charge in [-0.05, 0) is 171 Å². The van der Waals surface area contributed by atoms with Crippen molar-refractivity contribution in [3.8, 4) is 5.69 Å². The number of rotatable bonds is 29. The van der Waals surface area contributed by atoms with Crippen molar-refractivity contribution in [3.63, 3.8) is 0 Å². The van der Waals surface area contributed by atoms with E-state index in [1.165, 1.54) is 82.6 Å². The van der Waals surface area contributed by atoms with E-state index in [1.54, 1.807) is 109 Å². The molecule has 28 heteroatoms. The van der Waals surface area contributed by atoms with Crippen molar-refractivity contribution in [2.75, 3.05) is 0 Å². The highest BCUT2D eigenvalue weighted by molar-refractivity contribution is 5.98. The van der Waals surface area contributed by atoms with Gasteiger partial charge in [0.25, 0.3) is 38.9 Å². The number of hydrogen-bond donors (Lipinski definition) is 1. The number of H-pyrrole nitrogens is 1. The molecule has 0 bridgehead atoms. The largest absolute Gasteiger partial charge is 0.322 e. The van der Waals surface area contributed by atoms with E-state index in [9.17, 15) is 71.5 Å². The Morgan fingerprint density at radius 2 is 0.814 bits per heavy atom. The average Bonchev–Trinajstić information content (AvgIpc) is 0.768. The van der Waals surface area contributed by atoms with E-state index in [0.717, 1.165) is 80.1 Å². The van der Waals surface area contributed by atoms with Crippen LogP contribution in [-0.2, 0) is 20.0 Å². The maximum atomic E-state index is 13.0. The minimum atomic E-state index is -0.474. The fraction of sp³-hybridized carbons (Fsp3) is 0.518. The highest BCUT2D eigenvalue weighted by atomic mass is 19.1. The summed E-state index contributed by atoms with van der Waals surface area (Å²) in [5.74, 6) is 0.516. The fourth-order valence-corrected chi connectivity index (χ4v) is 15.6. The molecule has 8 heterocycles. The first kappa shape index (κ1) is 122. The van der Waals surface area contributed by atoms with Crippen LogP contribution in [-0.4, -0.2) is 103 Å². The molecule has 3 aliphatic rings. The summed E-state index contributed by atoms with van der Waals surface area (Å²) in [7, 11) is 1.65. The molecule has 0 unspecified atom stereocenters. The Morgan fingerprint density at radius 3 is 1.28 bits per heavy atom. The summed E-state index contributed by atoms with van der Waals surface area (Å²) in [6.45, 7) is 45.5. The second-order valence-electron chi connectivity index (χ2n) is 37.2. The lowest BCUT2D eigenvalue weighted by molar-refractivity contribution is 0.0952. The van der Waals surface area contributed by atoms with Crippen LogP contribution in [0.5, 0.6) is 0 Å². The minimum Gasteiger partial charge on any atom is -0.322 e. The van der Waals surface area contributed by atoms with E-state index >= 15 is 0 Å². The molecule has 0 radical (unpaired) electrons. The smallest absolute Gasteiger partial charge is 0.282 e. The molecule has 3 aliphatic carbocycles. The van der Waals surface area contributed by atoms with E-state index < -0.39 is 16.9 Å². The Labute approximate surface area is 827 Å². The first-order valence-electron chi connectivity index (χ1n) is 50.5. The number of aryl methyl sites for hydroxylation is 2. The summed E-state index contributed by atoms with van der Waals surface area (Å²) in [6, 6.07) is 30.9. The number of Topliss-reactive ketones (excluding diaryl/α,β-unsaturated/α-hetero) is 7. The third-order valence-electron chi connectivity index (χ3n) is 22.1. The number of carbonyl (C=O) groups is 7. The van der Waals surface area contributed by atoms with Crippen LogP contribution in [0, 0.1) is 54.2 Å². The summed E-state index contributed by atoms with van der Waals surface area (Å²) >= 11 is 0. The molecule has 0 amide bonds. The Kier molecular flexibility index (Phi) is 56.9. The van der Waals surface area contributed by atoms with Crippen molar-refractivity contribution in [3.05, 3.63) is 305 Å². The molecule has 1 N–H and O–H groups in total. The van der Waals surface area contributed by atoms with Crippen LogP contribution >= 0.6 is 0 Å². The monoisotopic (exact) mass is 1930 g/mol. The first-order chi connectivity index (χ1) is 66.8. The summed E-state index contributed by atoms with van der Waals surface area (Å²) < 4.78 is 22.1. The molecule has 27 nitrogen and oxygen atoms in total. The van der Waals surface area contributed by atoms with Gasteiger partial charge in [-0.15, -0.1) is 0 Å². The number of aromatic nitrogens is 13. The van der Waals surface area contributed by atoms with Crippen molar-refractivity contribution < 1.29 is 38.0 Å². The van der Waals surface area contributed by atoms with Gasteiger partial charge < -0.3 is 23.3 Å². The molecule has 140 heavy (non-hydrogen) atoms. The van der Waals surface area contributed by atoms with Gasteiger partial charge in [-0.25, -0.2) is 29.0 Å². The lowest BCUT2D eigenvalue weighted by Gasteiger charge is -2.24. The topological polar surface area (TPSA) is 362 Å². The van der Waals surface area contributed by atoms with Gasteiger partial charge >= 0.3 is 0 Å². The molecule has 3 fully saturated rings. The van der Waals surface area contributed by atoms with E-state index in [-0.39, 0.29) is 150 Å². The molecule has 8 aromatic heterocycles. The zero-order valence-corrected chi connectivity index (χ0v) is 87.8. The number of pyridine rings is 3. The number of halogens is 1. The van der Waals surface area contributed by atoms with Gasteiger partial charge in [0.15, 0.2) is 51.9 Å². The van der Waals surface area contributed by atoms with E-state index in [2.05, 4.69) is 35.1 Å². The second-order valence-corrected chi connectivity index (χ2v) is 37.2. The quantitative estimate of drug-likeness (QED) is 0.0425. The molecular weight excluding hydrogens is 1770 g/mol. The van der Waals surface area contributed by atoms with Gasteiger partial charge in [0.2, 0.25) is 0 Å². The summed E-state index contributed by atoms with van der Waals surface area (Å²) in [6.07, 6.45) is 34.9. The Bertz CT molecular complexity index is 5680. The predicted octanol–water partition coefficient (Wildman–Crippen LogP) is 22.7. The molecule has 13 rings (SSSR count). The standard InChI is InChI=1S/C16H17FN2O2.C16H18N2O2.C16H23NO2.C15H17N3O2.2C15H22N2O2.C11H15NO2.4C2H6/c1-10(2)8-15(20)14-9-11(3)18-19(16(14)21)13-6-4-12(17)5-7-13;1-11(2)8-14(19)15-16(20)18-13(10-17-15)9-12-6-4-3-5-7-12;1-12(2)11-15(18)14-9-6-10-17(16(14)19)13-7-4-3-5-8-13;1-11(2)8-14(19)13-4-3-7-18(15(13)20)9-12-5-6-16-10-17-12;1-11(2)10-13(18)14-15(19)17(9-8-16-14)12-6-4-3-5-7-12;1-11(2)10-14(18)13-8-9-16-17(15(13)19)12-6-4-3-5-7-12;1-8(2)7-10(13)9-5-4-6-12(3)11(9)14;4*1-2/h4-7,9-10H,8H2,1-3H3;3-7,10-11H,8-9H2,1-2H3,(H,18,20);6,9-10,12-13H,3-5,7-8,11H2,1-2H3;3-7,10-11H,8-9H2,1-2H3;2*8-9,11-12H,3-7,10H2,1-2H3;4-6,8H,7H2,1-3H3;4*1-2H3. The molecule has 3 saturated carbocycles. The van der Waals surface area contributed by atoms with Crippen molar-refractivity contribution in [2.24, 2.45) is 48.5 Å². The predicted molar refractivity (Wildman–Crippen MR) is 558 cm³/mol. The maximum Gasteiger partial charge on any atom is 0.282 e. The third kappa shape index (κ3) is 41.5. The van der Waals surface area contributed by atoms with Crippen LogP contribution in [0.15, 0.2) is 199 Å². The summed E-state index contributed by atoms with van der Waals surface area (Å²) in [5, 5.41) is 8.30. The Hall–Kier alpha value is -12.5. The number of nitrogens with zero attached hydrogens (tertiary/aromatic N) is 12. The van der Waals surface area contributed by atoms with Gasteiger partial charge in [-0.2, -0.15) is 14.9 Å². The first-order valence-corrected chi connectivity index (χ1v) is 50.5.